The third kappa shape index (κ3) is 2.35. The van der Waals surface area contributed by atoms with Crippen molar-refractivity contribution in [3.8, 4) is 0 Å². The van der Waals surface area contributed by atoms with E-state index in [4.69, 9.17) is 11.6 Å². The van der Waals surface area contributed by atoms with Gasteiger partial charge in [-0.05, 0) is 24.8 Å². The Morgan fingerprint density at radius 2 is 2.43 bits per heavy atom. The van der Waals surface area contributed by atoms with E-state index in [0.29, 0.717) is 11.3 Å². The van der Waals surface area contributed by atoms with Crippen LogP contribution in [0.4, 0.5) is 5.82 Å². The van der Waals surface area contributed by atoms with Gasteiger partial charge in [-0.15, -0.1) is 11.6 Å². The van der Waals surface area contributed by atoms with Crippen molar-refractivity contribution in [1.82, 2.24) is 9.97 Å². The maximum Gasteiger partial charge on any atom is 0.129 e. The lowest BCUT2D eigenvalue weighted by molar-refractivity contribution is 0.585. The molecule has 2 rings (SSSR count). The molecule has 3 nitrogen and oxygen atoms in total. The molecule has 1 aliphatic rings. The van der Waals surface area contributed by atoms with Crippen LogP contribution in [0.2, 0.25) is 0 Å². The third-order valence-corrected chi connectivity index (χ3v) is 3.27. The van der Waals surface area contributed by atoms with Crippen molar-refractivity contribution in [3.05, 3.63) is 18.6 Å². The highest BCUT2D eigenvalue weighted by molar-refractivity contribution is 6.20. The first-order chi connectivity index (χ1) is 6.86. The highest BCUT2D eigenvalue weighted by atomic mass is 35.5. The Bertz CT molecular complexity index is 278. The van der Waals surface area contributed by atoms with Gasteiger partial charge in [-0.3, -0.25) is 0 Å². The molecule has 0 amide bonds. The molecule has 76 valence electrons. The molecule has 0 saturated heterocycles. The summed E-state index contributed by atoms with van der Waals surface area (Å²) in [4.78, 5) is 7.96. The topological polar surface area (TPSA) is 37.8 Å². The normalized spacial score (nSPS) is 26.4. The first kappa shape index (κ1) is 9.71. The highest BCUT2D eigenvalue weighted by Gasteiger charge is 2.24. The zero-order valence-corrected chi connectivity index (χ0v) is 8.74. The van der Waals surface area contributed by atoms with Crippen LogP contribution in [0, 0.1) is 5.92 Å². The lowest BCUT2D eigenvalue weighted by Crippen LogP contribution is -2.18. The number of anilines is 1. The van der Waals surface area contributed by atoms with Crippen LogP contribution < -0.4 is 5.32 Å². The van der Waals surface area contributed by atoms with Crippen molar-refractivity contribution in [2.24, 2.45) is 5.92 Å². The van der Waals surface area contributed by atoms with Crippen LogP contribution in [0.5, 0.6) is 0 Å². The predicted octanol–water partition coefficient (Wildman–Crippen LogP) is 2.30. The average molecular weight is 212 g/mol. The summed E-state index contributed by atoms with van der Waals surface area (Å²) in [6.07, 6.45) is 6.92. The molecule has 0 aromatic carbocycles. The second-order valence-corrected chi connectivity index (χ2v) is 4.24. The summed E-state index contributed by atoms with van der Waals surface area (Å²) in [7, 11) is 0. The van der Waals surface area contributed by atoms with E-state index in [1.165, 1.54) is 12.8 Å². The van der Waals surface area contributed by atoms with E-state index in [9.17, 15) is 0 Å². The lowest BCUT2D eigenvalue weighted by atomic mass is 10.1. The van der Waals surface area contributed by atoms with Crippen LogP contribution in [0.1, 0.15) is 19.3 Å². The molecule has 0 bridgehead atoms. The molecule has 1 aromatic rings. The molecular formula is C10H14ClN3. The van der Waals surface area contributed by atoms with E-state index < -0.39 is 0 Å². The minimum atomic E-state index is 0.337. The van der Waals surface area contributed by atoms with Gasteiger partial charge >= 0.3 is 0 Å². The second kappa shape index (κ2) is 4.60. The number of hydrogen-bond donors (Lipinski definition) is 1. The van der Waals surface area contributed by atoms with Gasteiger partial charge in [0.2, 0.25) is 0 Å². The molecule has 1 heterocycles. The largest absolute Gasteiger partial charge is 0.370 e. The standard InChI is InChI=1S/C10H14ClN3/c11-9-3-1-2-8(9)6-13-10-4-5-12-7-14-10/h4-5,7-9H,1-3,6H2,(H,12,13,14). The van der Waals surface area contributed by atoms with Gasteiger partial charge in [-0.1, -0.05) is 6.42 Å². The van der Waals surface area contributed by atoms with Gasteiger partial charge < -0.3 is 5.32 Å². The number of aromatic nitrogens is 2. The van der Waals surface area contributed by atoms with Gasteiger partial charge in [0.05, 0.1) is 0 Å². The summed E-state index contributed by atoms with van der Waals surface area (Å²) in [6.45, 7) is 0.922. The maximum atomic E-state index is 6.17. The molecule has 1 fully saturated rings. The predicted molar refractivity (Wildman–Crippen MR) is 57.5 cm³/mol. The van der Waals surface area contributed by atoms with E-state index in [1.807, 2.05) is 6.07 Å². The van der Waals surface area contributed by atoms with E-state index in [0.717, 1.165) is 18.8 Å². The first-order valence-electron chi connectivity index (χ1n) is 5.00. The van der Waals surface area contributed by atoms with E-state index in [1.54, 1.807) is 12.5 Å². The SMILES string of the molecule is ClC1CCCC1CNc1ccncn1. The van der Waals surface area contributed by atoms with Crippen LogP contribution in [0.25, 0.3) is 0 Å². The van der Waals surface area contributed by atoms with Crippen LogP contribution in [-0.4, -0.2) is 21.9 Å². The number of nitrogens with one attached hydrogen (secondary N) is 1. The fourth-order valence-electron chi connectivity index (χ4n) is 1.85. The van der Waals surface area contributed by atoms with Gasteiger partial charge in [0.25, 0.3) is 0 Å². The van der Waals surface area contributed by atoms with Crippen molar-refractivity contribution in [1.29, 1.82) is 0 Å². The summed E-state index contributed by atoms with van der Waals surface area (Å²) in [5, 5.41) is 3.62. The molecule has 0 spiro atoms. The fraction of sp³-hybridized carbons (Fsp3) is 0.600. The Kier molecular flexibility index (Phi) is 3.19. The summed E-state index contributed by atoms with van der Waals surface area (Å²) in [5.41, 5.74) is 0. The number of hydrogen-bond acceptors (Lipinski definition) is 3. The molecule has 0 aliphatic heterocycles. The Hall–Kier alpha value is -0.830. The highest BCUT2D eigenvalue weighted by Crippen LogP contribution is 2.29. The van der Waals surface area contributed by atoms with Gasteiger partial charge in [-0.2, -0.15) is 0 Å². The molecule has 4 heteroatoms. The van der Waals surface area contributed by atoms with Crippen LogP contribution in [0.3, 0.4) is 0 Å². The van der Waals surface area contributed by atoms with E-state index in [2.05, 4.69) is 15.3 Å². The monoisotopic (exact) mass is 211 g/mol. The number of nitrogens with zero attached hydrogens (tertiary/aromatic N) is 2. The Balaban J connectivity index is 1.82. The fourth-order valence-corrected chi connectivity index (χ4v) is 2.22. The van der Waals surface area contributed by atoms with Gasteiger partial charge in [0.1, 0.15) is 12.1 Å². The van der Waals surface area contributed by atoms with E-state index >= 15 is 0 Å². The van der Waals surface area contributed by atoms with E-state index in [-0.39, 0.29) is 0 Å². The van der Waals surface area contributed by atoms with Gasteiger partial charge in [0, 0.05) is 18.1 Å². The molecule has 0 radical (unpaired) electrons. The van der Waals surface area contributed by atoms with Crippen LogP contribution in [-0.2, 0) is 0 Å². The molecular weight excluding hydrogens is 198 g/mol. The molecule has 2 atom stereocenters. The maximum absolute atomic E-state index is 6.17. The summed E-state index contributed by atoms with van der Waals surface area (Å²) >= 11 is 6.17. The van der Waals surface area contributed by atoms with Crippen molar-refractivity contribution in [3.63, 3.8) is 0 Å². The molecule has 1 saturated carbocycles. The minimum Gasteiger partial charge on any atom is -0.370 e. The minimum absolute atomic E-state index is 0.337. The number of halogens is 1. The summed E-state index contributed by atoms with van der Waals surface area (Å²) < 4.78 is 0. The van der Waals surface area contributed by atoms with Gasteiger partial charge in [-0.25, -0.2) is 9.97 Å². The zero-order chi connectivity index (χ0) is 9.80. The first-order valence-corrected chi connectivity index (χ1v) is 5.44. The smallest absolute Gasteiger partial charge is 0.129 e. The Morgan fingerprint density at radius 3 is 3.07 bits per heavy atom. The quantitative estimate of drug-likeness (QED) is 0.780. The zero-order valence-electron chi connectivity index (χ0n) is 7.99. The van der Waals surface area contributed by atoms with Crippen LogP contribution >= 0.6 is 11.6 Å². The third-order valence-electron chi connectivity index (χ3n) is 2.69. The van der Waals surface area contributed by atoms with Gasteiger partial charge in [0.15, 0.2) is 0 Å². The average Bonchev–Trinajstić information content (AvgIpc) is 2.63. The molecule has 14 heavy (non-hydrogen) atoms. The van der Waals surface area contributed by atoms with Crippen molar-refractivity contribution in [2.75, 3.05) is 11.9 Å². The van der Waals surface area contributed by atoms with Crippen molar-refractivity contribution < 1.29 is 0 Å². The summed E-state index contributed by atoms with van der Waals surface area (Å²) in [5.74, 6) is 1.47. The Morgan fingerprint density at radius 1 is 1.50 bits per heavy atom. The van der Waals surface area contributed by atoms with Crippen molar-refractivity contribution in [2.45, 2.75) is 24.6 Å². The van der Waals surface area contributed by atoms with Crippen LogP contribution in [0.15, 0.2) is 18.6 Å². The molecule has 1 aliphatic carbocycles. The second-order valence-electron chi connectivity index (χ2n) is 3.68. The molecule has 2 unspecified atom stereocenters. The lowest BCUT2D eigenvalue weighted by Gasteiger charge is -2.14. The molecule has 1 aromatic heterocycles. The summed E-state index contributed by atoms with van der Waals surface area (Å²) in [6, 6.07) is 1.87. The number of alkyl halides is 1. The number of rotatable bonds is 3. The molecule has 1 N–H and O–H groups in total. The Labute approximate surface area is 88.9 Å². The van der Waals surface area contributed by atoms with Crippen molar-refractivity contribution >= 4 is 17.4 Å².